The number of nitrogens with zero attached hydrogens (tertiary/aromatic N) is 2. The van der Waals surface area contributed by atoms with Crippen molar-refractivity contribution < 1.29 is 32.2 Å². The highest BCUT2D eigenvalue weighted by molar-refractivity contribution is 5.99. The molecule has 0 radical (unpaired) electrons. The smallest absolute Gasteiger partial charge is 0.457 e. The van der Waals surface area contributed by atoms with Gasteiger partial charge in [-0.1, -0.05) is 12.1 Å². The summed E-state index contributed by atoms with van der Waals surface area (Å²) in [6.45, 7) is 0. The maximum absolute atomic E-state index is 12.2. The van der Waals surface area contributed by atoms with Crippen LogP contribution in [0.3, 0.4) is 0 Å². The van der Waals surface area contributed by atoms with Gasteiger partial charge in [0, 0.05) is 30.5 Å². The van der Waals surface area contributed by atoms with Crippen LogP contribution in [0.4, 0.5) is 13.2 Å². The molecule has 3 rings (SSSR count). The summed E-state index contributed by atoms with van der Waals surface area (Å²) in [5, 5.41) is 0. The molecule has 0 aliphatic rings. The largest absolute Gasteiger partial charge is 0.573 e. The zero-order chi connectivity index (χ0) is 23.1. The molecule has 164 valence electrons. The molecule has 1 aromatic heterocycles. The number of halogens is 3. The highest BCUT2D eigenvalue weighted by Crippen LogP contribution is 2.24. The average molecular weight is 443 g/mol. The van der Waals surface area contributed by atoms with Gasteiger partial charge in [-0.2, -0.15) is 0 Å². The zero-order valence-corrected chi connectivity index (χ0v) is 16.4. The van der Waals surface area contributed by atoms with Crippen molar-refractivity contribution in [3.8, 4) is 17.2 Å². The number of benzene rings is 2. The Morgan fingerprint density at radius 1 is 1.00 bits per heavy atom. The number of rotatable bonds is 7. The highest BCUT2D eigenvalue weighted by Gasteiger charge is 2.31. The summed E-state index contributed by atoms with van der Waals surface area (Å²) in [6, 6.07) is 14.5. The second-order valence-electron chi connectivity index (χ2n) is 6.38. The highest BCUT2D eigenvalue weighted by atomic mass is 19.4. The monoisotopic (exact) mass is 443 g/mol. The van der Waals surface area contributed by atoms with E-state index in [0.717, 1.165) is 17.7 Å². The molecule has 0 unspecified atom stereocenters. The van der Waals surface area contributed by atoms with E-state index in [2.05, 4.69) is 14.7 Å². The third kappa shape index (κ3) is 6.66. The van der Waals surface area contributed by atoms with Crippen molar-refractivity contribution in [2.45, 2.75) is 12.8 Å². The molecule has 1 heterocycles. The second-order valence-corrected chi connectivity index (χ2v) is 6.38. The van der Waals surface area contributed by atoms with Crippen LogP contribution in [0.2, 0.25) is 0 Å². The summed E-state index contributed by atoms with van der Waals surface area (Å²) >= 11 is 0. The third-order valence-electron chi connectivity index (χ3n) is 3.99. The van der Waals surface area contributed by atoms with Gasteiger partial charge in [-0.25, -0.2) is 4.99 Å². The van der Waals surface area contributed by atoms with Crippen LogP contribution >= 0.6 is 0 Å². The van der Waals surface area contributed by atoms with Gasteiger partial charge in [0.05, 0.1) is 0 Å². The maximum atomic E-state index is 12.2. The number of carbonyl (C=O) groups is 2. The van der Waals surface area contributed by atoms with Crippen LogP contribution in [0, 0.1) is 0 Å². The van der Waals surface area contributed by atoms with Crippen LogP contribution in [0.1, 0.15) is 26.4 Å². The number of alkyl halides is 3. The van der Waals surface area contributed by atoms with Crippen LogP contribution in [0.25, 0.3) is 0 Å². The van der Waals surface area contributed by atoms with Crippen molar-refractivity contribution in [2.75, 3.05) is 0 Å². The van der Waals surface area contributed by atoms with E-state index in [1.165, 1.54) is 30.6 Å². The summed E-state index contributed by atoms with van der Waals surface area (Å²) in [4.78, 5) is 31.0. The van der Waals surface area contributed by atoms with Gasteiger partial charge in [0.2, 0.25) is 0 Å². The molecule has 3 aromatic rings. The predicted octanol–water partition coefficient (Wildman–Crippen LogP) is 4.33. The first-order chi connectivity index (χ1) is 15.2. The predicted molar refractivity (Wildman–Crippen MR) is 109 cm³/mol. The Bertz CT molecular complexity index is 1150. The Morgan fingerprint density at radius 3 is 2.41 bits per heavy atom. The molecule has 0 atom stereocenters. The van der Waals surface area contributed by atoms with Gasteiger partial charge in [-0.3, -0.25) is 14.6 Å². The van der Waals surface area contributed by atoms with E-state index in [-0.39, 0.29) is 11.3 Å². The normalized spacial score (nSPS) is 11.3. The fourth-order valence-electron chi connectivity index (χ4n) is 2.59. The fourth-order valence-corrected chi connectivity index (χ4v) is 2.59. The summed E-state index contributed by atoms with van der Waals surface area (Å²) in [6.07, 6.45) is -1.71. The van der Waals surface area contributed by atoms with Gasteiger partial charge in [-0.15, -0.1) is 13.2 Å². The number of amides is 2. The van der Waals surface area contributed by atoms with E-state index in [1.54, 1.807) is 30.3 Å². The SMILES string of the molecule is NC(=O)c1cc(Oc2cccc(CC=NC(=O)c3ccc(OC(F)(F)F)cc3)c2)ccn1. The number of carbonyl (C=O) groups excluding carboxylic acids is 2. The number of ether oxygens (including phenoxy) is 2. The summed E-state index contributed by atoms with van der Waals surface area (Å²) in [5.41, 5.74) is 6.18. The number of aliphatic imine (C=N–C) groups is 1. The van der Waals surface area contributed by atoms with Gasteiger partial charge in [0.15, 0.2) is 0 Å². The number of hydrogen-bond donors (Lipinski definition) is 1. The molecular weight excluding hydrogens is 427 g/mol. The molecule has 7 nitrogen and oxygen atoms in total. The van der Waals surface area contributed by atoms with Crippen LogP contribution < -0.4 is 15.2 Å². The van der Waals surface area contributed by atoms with E-state index in [4.69, 9.17) is 10.5 Å². The van der Waals surface area contributed by atoms with Gasteiger partial charge in [0.25, 0.3) is 11.8 Å². The lowest BCUT2D eigenvalue weighted by Crippen LogP contribution is -2.17. The Balaban J connectivity index is 1.60. The number of nitrogens with two attached hydrogens (primary N) is 1. The van der Waals surface area contributed by atoms with Crippen LogP contribution in [0.5, 0.6) is 17.2 Å². The molecule has 2 aromatic carbocycles. The lowest BCUT2D eigenvalue weighted by atomic mass is 10.1. The molecule has 0 bridgehead atoms. The molecule has 0 fully saturated rings. The van der Waals surface area contributed by atoms with Gasteiger partial charge in [0.1, 0.15) is 22.9 Å². The van der Waals surface area contributed by atoms with Gasteiger partial charge >= 0.3 is 6.36 Å². The van der Waals surface area contributed by atoms with E-state index >= 15 is 0 Å². The molecule has 2 N–H and O–H groups in total. The number of pyridine rings is 1. The van der Waals surface area contributed by atoms with Crippen molar-refractivity contribution >= 4 is 18.0 Å². The lowest BCUT2D eigenvalue weighted by Gasteiger charge is -2.08. The minimum absolute atomic E-state index is 0.0716. The molecule has 0 aliphatic heterocycles. The fraction of sp³-hybridized carbons (Fsp3) is 0.0909. The van der Waals surface area contributed by atoms with Crippen molar-refractivity contribution in [1.29, 1.82) is 0 Å². The first kappa shape index (κ1) is 22.5. The van der Waals surface area contributed by atoms with Crippen LogP contribution in [0.15, 0.2) is 71.9 Å². The molecule has 0 spiro atoms. The molecular formula is C22H16F3N3O4. The average Bonchev–Trinajstić information content (AvgIpc) is 2.73. The first-order valence-corrected chi connectivity index (χ1v) is 9.15. The van der Waals surface area contributed by atoms with Crippen molar-refractivity contribution in [3.63, 3.8) is 0 Å². The molecule has 0 saturated carbocycles. The molecule has 0 saturated heterocycles. The Hall–Kier alpha value is -4.21. The summed E-state index contributed by atoms with van der Waals surface area (Å²) < 4.78 is 46.0. The summed E-state index contributed by atoms with van der Waals surface area (Å²) in [5.74, 6) is -0.830. The molecule has 0 aliphatic carbocycles. The number of aromatic nitrogens is 1. The molecule has 32 heavy (non-hydrogen) atoms. The minimum Gasteiger partial charge on any atom is -0.457 e. The minimum atomic E-state index is -4.80. The van der Waals surface area contributed by atoms with Crippen molar-refractivity contribution in [2.24, 2.45) is 10.7 Å². The Labute approximate surface area is 180 Å². The molecule has 2 amide bonds. The van der Waals surface area contributed by atoms with Crippen molar-refractivity contribution in [1.82, 2.24) is 4.98 Å². The number of hydrogen-bond acceptors (Lipinski definition) is 5. The van der Waals surface area contributed by atoms with Crippen LogP contribution in [-0.4, -0.2) is 29.4 Å². The van der Waals surface area contributed by atoms with E-state index in [0.29, 0.717) is 17.9 Å². The third-order valence-corrected chi connectivity index (χ3v) is 3.99. The number of primary amides is 1. The lowest BCUT2D eigenvalue weighted by molar-refractivity contribution is -0.274. The Kier molecular flexibility index (Phi) is 6.83. The zero-order valence-electron chi connectivity index (χ0n) is 16.4. The maximum Gasteiger partial charge on any atom is 0.573 e. The summed E-state index contributed by atoms with van der Waals surface area (Å²) in [7, 11) is 0. The van der Waals surface area contributed by atoms with E-state index in [9.17, 15) is 22.8 Å². The van der Waals surface area contributed by atoms with Crippen LogP contribution in [-0.2, 0) is 6.42 Å². The van der Waals surface area contributed by atoms with Crippen molar-refractivity contribution in [3.05, 3.63) is 83.7 Å². The molecule has 10 heteroatoms. The first-order valence-electron chi connectivity index (χ1n) is 9.15. The van der Waals surface area contributed by atoms with Gasteiger partial charge < -0.3 is 15.2 Å². The second kappa shape index (κ2) is 9.73. The van der Waals surface area contributed by atoms with E-state index < -0.39 is 23.9 Å². The Morgan fingerprint density at radius 2 is 1.72 bits per heavy atom. The van der Waals surface area contributed by atoms with Gasteiger partial charge in [-0.05, 0) is 48.0 Å². The quantitative estimate of drug-likeness (QED) is 0.548. The standard InChI is InChI=1S/C22H16F3N3O4/c23-22(24,25)32-16-6-4-15(5-7-16)21(30)28-10-8-14-2-1-3-17(12-14)31-18-9-11-27-19(13-18)20(26)29/h1-7,9-13H,8H2,(H2,26,29). The van der Waals surface area contributed by atoms with E-state index in [1.807, 2.05) is 0 Å². The topological polar surface area (TPSA) is 104 Å².